The Labute approximate surface area is 113 Å². The number of anilines is 1. The number of thioether (sulfide) groups is 1. The molecule has 0 bridgehead atoms. The molecule has 1 unspecified atom stereocenters. The highest BCUT2D eigenvalue weighted by molar-refractivity contribution is 7.98. The number of aromatic nitrogens is 1. The normalized spacial score (nSPS) is 12.7. The lowest BCUT2D eigenvalue weighted by Gasteiger charge is -2.23. The summed E-state index contributed by atoms with van der Waals surface area (Å²) < 4.78 is 0. The van der Waals surface area contributed by atoms with Gasteiger partial charge < -0.3 is 10.2 Å². The first-order valence-electron chi connectivity index (χ1n) is 6.06. The zero-order valence-electron chi connectivity index (χ0n) is 11.2. The van der Waals surface area contributed by atoms with Crippen molar-refractivity contribution in [2.45, 2.75) is 32.9 Å². The minimum atomic E-state index is 0.556. The van der Waals surface area contributed by atoms with Crippen LogP contribution in [0.5, 0.6) is 0 Å². The van der Waals surface area contributed by atoms with E-state index in [-0.39, 0.29) is 0 Å². The van der Waals surface area contributed by atoms with Gasteiger partial charge in [-0.1, -0.05) is 6.92 Å². The lowest BCUT2D eigenvalue weighted by molar-refractivity contribution is 0.667. The van der Waals surface area contributed by atoms with Gasteiger partial charge in [-0.3, -0.25) is 0 Å². The molecule has 0 spiro atoms. The highest BCUT2D eigenvalue weighted by Crippen LogP contribution is 2.24. The molecule has 1 heterocycles. The highest BCUT2D eigenvalue weighted by atomic mass is 32.2. The summed E-state index contributed by atoms with van der Waals surface area (Å²) >= 11 is 3.69. The minimum Gasteiger partial charge on any atom is -0.348 e. The molecule has 1 aromatic rings. The van der Waals surface area contributed by atoms with E-state index >= 15 is 0 Å². The molecule has 98 valence electrons. The third kappa shape index (κ3) is 4.85. The summed E-state index contributed by atoms with van der Waals surface area (Å²) in [5.74, 6) is 1.21. The van der Waals surface area contributed by atoms with Crippen molar-refractivity contribution in [1.29, 1.82) is 0 Å². The van der Waals surface area contributed by atoms with E-state index in [1.54, 1.807) is 11.3 Å². The van der Waals surface area contributed by atoms with Crippen LogP contribution in [-0.4, -0.2) is 36.6 Å². The Morgan fingerprint density at radius 3 is 3.00 bits per heavy atom. The summed E-state index contributed by atoms with van der Waals surface area (Å²) in [5, 5.41) is 4.46. The number of thiazole rings is 1. The van der Waals surface area contributed by atoms with Gasteiger partial charge in [-0.05, 0) is 31.9 Å². The molecule has 0 saturated carbocycles. The zero-order valence-corrected chi connectivity index (χ0v) is 12.8. The van der Waals surface area contributed by atoms with Gasteiger partial charge in [0.25, 0.3) is 0 Å². The SMILES string of the molecule is CCNCc1cnc(N(C)C(C)CCSC)s1. The minimum absolute atomic E-state index is 0.556. The fourth-order valence-electron chi connectivity index (χ4n) is 1.46. The van der Waals surface area contributed by atoms with E-state index in [4.69, 9.17) is 0 Å². The van der Waals surface area contributed by atoms with Crippen LogP contribution in [0.25, 0.3) is 0 Å². The van der Waals surface area contributed by atoms with Crippen LogP contribution in [0, 0.1) is 0 Å². The molecular weight excluding hydrogens is 250 g/mol. The monoisotopic (exact) mass is 273 g/mol. The highest BCUT2D eigenvalue weighted by Gasteiger charge is 2.13. The van der Waals surface area contributed by atoms with Crippen LogP contribution >= 0.6 is 23.1 Å². The molecule has 1 N–H and O–H groups in total. The summed E-state index contributed by atoms with van der Waals surface area (Å²) in [7, 11) is 2.14. The van der Waals surface area contributed by atoms with E-state index in [9.17, 15) is 0 Å². The number of hydrogen-bond acceptors (Lipinski definition) is 5. The number of hydrogen-bond donors (Lipinski definition) is 1. The Balaban J connectivity index is 2.50. The predicted octanol–water partition coefficient (Wildman–Crippen LogP) is 2.83. The Bertz CT molecular complexity index is 314. The first-order valence-corrected chi connectivity index (χ1v) is 8.27. The second-order valence-corrected chi connectivity index (χ2v) is 6.21. The largest absolute Gasteiger partial charge is 0.348 e. The summed E-state index contributed by atoms with van der Waals surface area (Å²) in [5.41, 5.74) is 0. The van der Waals surface area contributed by atoms with E-state index in [2.05, 4.69) is 42.4 Å². The number of nitrogens with zero attached hydrogens (tertiary/aromatic N) is 2. The third-order valence-electron chi connectivity index (χ3n) is 2.79. The zero-order chi connectivity index (χ0) is 12.7. The maximum absolute atomic E-state index is 4.50. The van der Waals surface area contributed by atoms with Crippen LogP contribution in [0.2, 0.25) is 0 Å². The van der Waals surface area contributed by atoms with Gasteiger partial charge in [0, 0.05) is 30.7 Å². The first kappa shape index (κ1) is 14.8. The van der Waals surface area contributed by atoms with Gasteiger partial charge in [0.2, 0.25) is 0 Å². The van der Waals surface area contributed by atoms with Gasteiger partial charge in [0.15, 0.2) is 5.13 Å². The van der Waals surface area contributed by atoms with E-state index in [0.717, 1.165) is 18.2 Å². The lowest BCUT2D eigenvalue weighted by atomic mass is 10.2. The van der Waals surface area contributed by atoms with Crippen molar-refractivity contribution >= 4 is 28.2 Å². The van der Waals surface area contributed by atoms with Crippen LogP contribution < -0.4 is 10.2 Å². The summed E-state index contributed by atoms with van der Waals surface area (Å²) in [4.78, 5) is 8.09. The van der Waals surface area contributed by atoms with Gasteiger partial charge in [-0.25, -0.2) is 4.98 Å². The van der Waals surface area contributed by atoms with Crippen molar-refractivity contribution in [2.75, 3.05) is 30.5 Å². The molecule has 0 aliphatic rings. The molecule has 17 heavy (non-hydrogen) atoms. The maximum atomic E-state index is 4.50. The average Bonchev–Trinajstić information content (AvgIpc) is 2.81. The summed E-state index contributed by atoms with van der Waals surface area (Å²) in [6, 6.07) is 0.556. The van der Waals surface area contributed by atoms with E-state index in [1.165, 1.54) is 17.1 Å². The van der Waals surface area contributed by atoms with Crippen LogP contribution in [0.3, 0.4) is 0 Å². The van der Waals surface area contributed by atoms with Gasteiger partial charge >= 0.3 is 0 Å². The molecule has 0 aliphatic heterocycles. The average molecular weight is 273 g/mol. The van der Waals surface area contributed by atoms with Gasteiger partial charge in [0.1, 0.15) is 0 Å². The molecule has 1 atom stereocenters. The molecule has 0 amide bonds. The van der Waals surface area contributed by atoms with Crippen molar-refractivity contribution in [1.82, 2.24) is 10.3 Å². The molecule has 0 aliphatic carbocycles. The standard InChI is InChI=1S/C12H23N3S2/c1-5-13-8-11-9-14-12(17-11)15(3)10(2)6-7-16-4/h9-10,13H,5-8H2,1-4H3. The summed E-state index contributed by atoms with van der Waals surface area (Å²) in [6.45, 7) is 6.33. The van der Waals surface area contributed by atoms with E-state index in [1.807, 2.05) is 18.0 Å². The van der Waals surface area contributed by atoms with Crippen molar-refractivity contribution < 1.29 is 0 Å². The van der Waals surface area contributed by atoms with Crippen LogP contribution in [0.15, 0.2) is 6.20 Å². The molecule has 1 rings (SSSR count). The van der Waals surface area contributed by atoms with Gasteiger partial charge in [0.05, 0.1) is 0 Å². The van der Waals surface area contributed by atoms with Gasteiger partial charge in [-0.2, -0.15) is 11.8 Å². The van der Waals surface area contributed by atoms with Gasteiger partial charge in [-0.15, -0.1) is 11.3 Å². The second kappa shape index (κ2) is 7.95. The lowest BCUT2D eigenvalue weighted by Crippen LogP contribution is -2.29. The van der Waals surface area contributed by atoms with Crippen LogP contribution in [-0.2, 0) is 6.54 Å². The summed E-state index contributed by atoms with van der Waals surface area (Å²) in [6.07, 6.45) is 5.35. The fourth-order valence-corrected chi connectivity index (χ4v) is 2.98. The third-order valence-corrected chi connectivity index (χ3v) is 4.53. The van der Waals surface area contributed by atoms with Crippen molar-refractivity contribution in [3.63, 3.8) is 0 Å². The quantitative estimate of drug-likeness (QED) is 0.788. The maximum Gasteiger partial charge on any atom is 0.185 e. The molecule has 0 radical (unpaired) electrons. The van der Waals surface area contributed by atoms with Crippen molar-refractivity contribution in [3.8, 4) is 0 Å². The molecule has 5 heteroatoms. The Morgan fingerprint density at radius 2 is 2.35 bits per heavy atom. The molecule has 0 aromatic carbocycles. The molecule has 0 fully saturated rings. The molecule has 3 nitrogen and oxygen atoms in total. The van der Waals surface area contributed by atoms with E-state index in [0.29, 0.717) is 6.04 Å². The Kier molecular flexibility index (Phi) is 6.92. The number of rotatable bonds is 8. The number of nitrogens with one attached hydrogen (secondary N) is 1. The Hall–Kier alpha value is -0.260. The van der Waals surface area contributed by atoms with E-state index < -0.39 is 0 Å². The first-order chi connectivity index (χ1) is 8.19. The Morgan fingerprint density at radius 1 is 1.59 bits per heavy atom. The van der Waals surface area contributed by atoms with Crippen LogP contribution in [0.4, 0.5) is 5.13 Å². The molecular formula is C12H23N3S2. The smallest absolute Gasteiger partial charge is 0.185 e. The predicted molar refractivity (Wildman–Crippen MR) is 80.4 cm³/mol. The van der Waals surface area contributed by atoms with Crippen LogP contribution in [0.1, 0.15) is 25.1 Å². The second-order valence-electron chi connectivity index (χ2n) is 4.13. The fraction of sp³-hybridized carbons (Fsp3) is 0.750. The molecule has 1 aromatic heterocycles. The van der Waals surface area contributed by atoms with Crippen molar-refractivity contribution in [2.24, 2.45) is 0 Å². The topological polar surface area (TPSA) is 28.2 Å². The molecule has 0 saturated heterocycles. The van der Waals surface area contributed by atoms with Crippen molar-refractivity contribution in [3.05, 3.63) is 11.1 Å².